The van der Waals surface area contributed by atoms with Crippen molar-refractivity contribution in [1.29, 1.82) is 5.26 Å². The largest absolute Gasteiger partial charge is 0.354 e. The van der Waals surface area contributed by atoms with Crippen molar-refractivity contribution < 1.29 is 4.39 Å². The topological polar surface area (TPSA) is 52.8 Å². The van der Waals surface area contributed by atoms with Gasteiger partial charge in [-0.25, -0.2) is 9.97 Å². The van der Waals surface area contributed by atoms with Crippen LogP contribution in [-0.2, 0) is 0 Å². The van der Waals surface area contributed by atoms with Gasteiger partial charge in [0.2, 0.25) is 0 Å². The fourth-order valence-corrected chi connectivity index (χ4v) is 2.02. The first-order valence-electron chi connectivity index (χ1n) is 5.37. The molecule has 4 nitrogen and oxygen atoms in total. The smallest absolute Gasteiger partial charge is 0.183 e. The number of nitriles is 1. The van der Waals surface area contributed by atoms with Gasteiger partial charge in [-0.15, -0.1) is 0 Å². The van der Waals surface area contributed by atoms with Crippen LogP contribution in [0.5, 0.6) is 0 Å². The number of nitrogens with zero attached hydrogens (tertiary/aromatic N) is 4. The molecule has 1 aromatic rings. The molecule has 1 unspecified atom stereocenters. The Morgan fingerprint density at radius 1 is 1.50 bits per heavy atom. The molecule has 0 amide bonds. The second kappa shape index (κ2) is 4.88. The van der Waals surface area contributed by atoms with Crippen LogP contribution in [0.1, 0.15) is 18.5 Å². The van der Waals surface area contributed by atoms with Crippen molar-refractivity contribution in [3.63, 3.8) is 0 Å². The molecule has 1 aliphatic rings. The van der Waals surface area contributed by atoms with E-state index in [1.54, 1.807) is 6.20 Å². The van der Waals surface area contributed by atoms with Gasteiger partial charge >= 0.3 is 0 Å². The molecule has 0 spiro atoms. The normalized spacial score (nSPS) is 20.5. The molecule has 2 heterocycles. The first kappa shape index (κ1) is 10.8. The minimum Gasteiger partial charge on any atom is -0.354 e. The average molecular weight is 220 g/mol. The Bertz CT molecular complexity index is 401. The van der Waals surface area contributed by atoms with Crippen LogP contribution in [0.15, 0.2) is 12.4 Å². The van der Waals surface area contributed by atoms with Gasteiger partial charge in [0, 0.05) is 31.4 Å². The Hall–Kier alpha value is -1.70. The minimum absolute atomic E-state index is 0.0577. The lowest BCUT2D eigenvalue weighted by Gasteiger charge is -2.32. The van der Waals surface area contributed by atoms with Crippen molar-refractivity contribution >= 4 is 5.82 Å². The monoisotopic (exact) mass is 220 g/mol. The molecule has 0 N–H and O–H groups in total. The van der Waals surface area contributed by atoms with Crippen molar-refractivity contribution in [1.82, 2.24) is 9.97 Å². The highest BCUT2D eigenvalue weighted by Gasteiger charge is 2.22. The van der Waals surface area contributed by atoms with Gasteiger partial charge in [-0.1, -0.05) is 0 Å². The molecule has 2 rings (SSSR count). The number of hydrogen-bond donors (Lipinski definition) is 0. The van der Waals surface area contributed by atoms with Crippen LogP contribution in [0, 0.1) is 17.2 Å². The summed E-state index contributed by atoms with van der Waals surface area (Å²) in [7, 11) is 0. The van der Waals surface area contributed by atoms with Gasteiger partial charge in [0.15, 0.2) is 11.5 Å². The molecule has 84 valence electrons. The lowest BCUT2D eigenvalue weighted by molar-refractivity contribution is 0.315. The predicted octanol–water partition coefficient (Wildman–Crippen LogP) is 1.53. The number of hydrogen-bond acceptors (Lipinski definition) is 4. The van der Waals surface area contributed by atoms with Crippen molar-refractivity contribution in [3.05, 3.63) is 18.1 Å². The summed E-state index contributed by atoms with van der Waals surface area (Å²) in [6.07, 6.45) is 4.92. The van der Waals surface area contributed by atoms with Gasteiger partial charge in [-0.3, -0.25) is 4.39 Å². The standard InChI is InChI=1S/C11H13FN4/c12-6-9-2-1-5-16(8-9)11-10(7-13)14-3-4-15-11/h3-4,9H,1-2,5-6,8H2. The third kappa shape index (κ3) is 2.11. The molecule has 0 bridgehead atoms. The Morgan fingerprint density at radius 3 is 3.06 bits per heavy atom. The second-order valence-corrected chi connectivity index (χ2v) is 3.95. The molecule has 16 heavy (non-hydrogen) atoms. The van der Waals surface area contributed by atoms with Crippen LogP contribution in [0.3, 0.4) is 0 Å². The molecule has 5 heteroatoms. The predicted molar refractivity (Wildman–Crippen MR) is 57.7 cm³/mol. The number of halogens is 1. The van der Waals surface area contributed by atoms with Crippen LogP contribution in [0.25, 0.3) is 0 Å². The fraction of sp³-hybridized carbons (Fsp3) is 0.545. The number of anilines is 1. The van der Waals surface area contributed by atoms with Crippen LogP contribution < -0.4 is 4.90 Å². The van der Waals surface area contributed by atoms with Gasteiger partial charge in [-0.2, -0.15) is 5.26 Å². The third-order valence-corrected chi connectivity index (χ3v) is 2.82. The minimum atomic E-state index is -0.307. The summed E-state index contributed by atoms with van der Waals surface area (Å²) in [5.41, 5.74) is 0.321. The van der Waals surface area contributed by atoms with Crippen molar-refractivity contribution in [2.24, 2.45) is 5.92 Å². The first-order valence-corrected chi connectivity index (χ1v) is 5.37. The number of piperidine rings is 1. The fourth-order valence-electron chi connectivity index (χ4n) is 2.02. The van der Waals surface area contributed by atoms with Crippen LogP contribution in [-0.4, -0.2) is 29.7 Å². The van der Waals surface area contributed by atoms with E-state index in [1.165, 1.54) is 6.20 Å². The highest BCUT2D eigenvalue weighted by Crippen LogP contribution is 2.23. The molecule has 1 aromatic heterocycles. The van der Waals surface area contributed by atoms with Gasteiger partial charge < -0.3 is 4.90 Å². The molecule has 1 atom stereocenters. The maximum Gasteiger partial charge on any atom is 0.183 e. The molecule has 0 radical (unpaired) electrons. The van der Waals surface area contributed by atoms with Crippen LogP contribution in [0.2, 0.25) is 0 Å². The maximum absolute atomic E-state index is 12.6. The van der Waals surface area contributed by atoms with Gasteiger partial charge in [0.1, 0.15) is 6.07 Å². The molecular formula is C11H13FN4. The Labute approximate surface area is 93.7 Å². The SMILES string of the molecule is N#Cc1nccnc1N1CCCC(CF)C1. The van der Waals surface area contributed by atoms with Crippen LogP contribution >= 0.6 is 0 Å². The molecule has 0 aromatic carbocycles. The van der Waals surface area contributed by atoms with Gasteiger partial charge in [0.05, 0.1) is 6.67 Å². The Morgan fingerprint density at radius 2 is 2.31 bits per heavy atom. The summed E-state index contributed by atoms with van der Waals surface area (Å²) in [5.74, 6) is 0.644. The first-order chi connectivity index (χ1) is 7.85. The summed E-state index contributed by atoms with van der Waals surface area (Å²) in [5, 5.41) is 8.92. The highest BCUT2D eigenvalue weighted by molar-refractivity contribution is 5.49. The van der Waals surface area contributed by atoms with E-state index in [4.69, 9.17) is 5.26 Å². The third-order valence-electron chi connectivity index (χ3n) is 2.82. The molecule has 0 aliphatic carbocycles. The van der Waals surface area contributed by atoms with Gasteiger partial charge in [-0.05, 0) is 12.8 Å². The number of rotatable bonds is 2. The Balaban J connectivity index is 2.20. The molecular weight excluding hydrogens is 207 g/mol. The number of aromatic nitrogens is 2. The highest BCUT2D eigenvalue weighted by atomic mass is 19.1. The van der Waals surface area contributed by atoms with E-state index in [0.29, 0.717) is 18.1 Å². The average Bonchev–Trinajstić information content (AvgIpc) is 2.38. The lowest BCUT2D eigenvalue weighted by Crippen LogP contribution is -2.37. The van der Waals surface area contributed by atoms with E-state index in [-0.39, 0.29) is 12.6 Å². The van der Waals surface area contributed by atoms with Crippen molar-refractivity contribution in [3.8, 4) is 6.07 Å². The quantitative estimate of drug-likeness (QED) is 0.758. The Kier molecular flexibility index (Phi) is 3.30. The molecule has 1 fully saturated rings. The van der Waals surface area contributed by atoms with Crippen molar-refractivity contribution in [2.45, 2.75) is 12.8 Å². The molecule has 1 saturated heterocycles. The zero-order valence-corrected chi connectivity index (χ0v) is 8.93. The summed E-state index contributed by atoms with van der Waals surface area (Å²) >= 11 is 0. The maximum atomic E-state index is 12.6. The molecule has 1 aliphatic heterocycles. The van der Waals surface area contributed by atoms with E-state index in [1.807, 2.05) is 11.0 Å². The van der Waals surface area contributed by atoms with Gasteiger partial charge in [0.25, 0.3) is 0 Å². The zero-order valence-electron chi connectivity index (χ0n) is 8.93. The van der Waals surface area contributed by atoms with Crippen LogP contribution in [0.4, 0.5) is 10.2 Å². The van der Waals surface area contributed by atoms with E-state index in [9.17, 15) is 4.39 Å². The second-order valence-electron chi connectivity index (χ2n) is 3.95. The summed E-state index contributed by atoms with van der Waals surface area (Å²) in [6.45, 7) is 1.15. The van der Waals surface area contributed by atoms with E-state index < -0.39 is 0 Å². The van der Waals surface area contributed by atoms with E-state index in [0.717, 1.165) is 19.4 Å². The molecule has 0 saturated carbocycles. The zero-order chi connectivity index (χ0) is 11.4. The van der Waals surface area contributed by atoms with E-state index >= 15 is 0 Å². The van der Waals surface area contributed by atoms with E-state index in [2.05, 4.69) is 9.97 Å². The summed E-state index contributed by atoms with van der Waals surface area (Å²) < 4.78 is 12.6. The summed E-state index contributed by atoms with van der Waals surface area (Å²) in [6, 6.07) is 2.02. The van der Waals surface area contributed by atoms with Crippen molar-refractivity contribution in [2.75, 3.05) is 24.7 Å². The number of alkyl halides is 1. The summed E-state index contributed by atoms with van der Waals surface area (Å²) in [4.78, 5) is 10.1. The lowest BCUT2D eigenvalue weighted by atomic mass is 9.99.